The van der Waals surface area contributed by atoms with Gasteiger partial charge in [0, 0.05) is 11.7 Å². The molecular formula is C19H23N3O2. The number of carbonyl (C=O) groups excluding carboxylic acids is 1. The van der Waals surface area contributed by atoms with Crippen molar-refractivity contribution in [3.8, 4) is 6.07 Å². The van der Waals surface area contributed by atoms with Gasteiger partial charge in [0.2, 0.25) is 0 Å². The van der Waals surface area contributed by atoms with Gasteiger partial charge in [-0.2, -0.15) is 5.26 Å². The van der Waals surface area contributed by atoms with E-state index in [4.69, 9.17) is 4.42 Å². The van der Waals surface area contributed by atoms with Crippen molar-refractivity contribution >= 4 is 5.91 Å². The Morgan fingerprint density at radius 2 is 1.96 bits per heavy atom. The number of carbonyl (C=O) groups is 1. The van der Waals surface area contributed by atoms with Gasteiger partial charge in [0.05, 0.1) is 12.8 Å². The highest BCUT2D eigenvalue weighted by Crippen LogP contribution is 2.55. The second-order valence-electron chi connectivity index (χ2n) is 7.77. The van der Waals surface area contributed by atoms with E-state index in [9.17, 15) is 10.1 Å². The zero-order valence-electron chi connectivity index (χ0n) is 13.8. The summed E-state index contributed by atoms with van der Waals surface area (Å²) >= 11 is 0. The first-order chi connectivity index (χ1) is 11.7. The standard InChI is InChI=1S/C19H23N3O2/c20-10-16(18(23)21-12-17-2-1-3-24-17)11-22-19-7-13-4-14(8-19)6-15(5-13)9-19/h1-3,11,13-15,22H,4-9,12H2,(H,21,23)/b16-11-. The Bertz CT molecular complexity index is 649. The van der Waals surface area contributed by atoms with Crippen molar-refractivity contribution in [3.63, 3.8) is 0 Å². The van der Waals surface area contributed by atoms with E-state index in [0.717, 1.165) is 17.8 Å². The molecule has 5 rings (SSSR count). The van der Waals surface area contributed by atoms with E-state index < -0.39 is 0 Å². The third kappa shape index (κ3) is 2.93. The first-order valence-electron chi connectivity index (χ1n) is 8.84. The van der Waals surface area contributed by atoms with Gasteiger partial charge in [-0.3, -0.25) is 4.79 Å². The smallest absolute Gasteiger partial charge is 0.263 e. The second-order valence-corrected chi connectivity index (χ2v) is 7.77. The first-order valence-corrected chi connectivity index (χ1v) is 8.84. The summed E-state index contributed by atoms with van der Waals surface area (Å²) in [5, 5.41) is 15.5. The van der Waals surface area contributed by atoms with Crippen molar-refractivity contribution in [3.05, 3.63) is 35.9 Å². The van der Waals surface area contributed by atoms with E-state index in [-0.39, 0.29) is 17.0 Å². The van der Waals surface area contributed by atoms with Crippen LogP contribution < -0.4 is 10.6 Å². The lowest BCUT2D eigenvalue weighted by Crippen LogP contribution is -2.57. The maximum absolute atomic E-state index is 12.2. The summed E-state index contributed by atoms with van der Waals surface area (Å²) in [6.07, 6.45) is 10.9. The maximum atomic E-state index is 12.2. The van der Waals surface area contributed by atoms with Crippen molar-refractivity contribution in [2.24, 2.45) is 17.8 Å². The van der Waals surface area contributed by atoms with E-state index in [0.29, 0.717) is 12.3 Å². The molecule has 1 heterocycles. The van der Waals surface area contributed by atoms with E-state index in [1.165, 1.54) is 38.5 Å². The summed E-state index contributed by atoms with van der Waals surface area (Å²) in [6.45, 7) is 0.294. The summed E-state index contributed by atoms with van der Waals surface area (Å²) < 4.78 is 5.19. The van der Waals surface area contributed by atoms with E-state index in [1.807, 2.05) is 6.07 Å². The normalized spacial score (nSPS) is 34.0. The second kappa shape index (κ2) is 6.01. The Hall–Kier alpha value is -2.22. The molecule has 2 N–H and O–H groups in total. The molecule has 0 saturated heterocycles. The SMILES string of the molecule is N#C/C(=C/NC12CC3CC(CC(C3)C1)C2)C(=O)NCc1ccco1. The molecule has 4 fully saturated rings. The molecule has 4 bridgehead atoms. The lowest BCUT2D eigenvalue weighted by Gasteiger charge is -2.56. The van der Waals surface area contributed by atoms with Gasteiger partial charge in [-0.15, -0.1) is 0 Å². The van der Waals surface area contributed by atoms with Crippen LogP contribution in [0, 0.1) is 29.1 Å². The fourth-order valence-corrected chi connectivity index (χ4v) is 5.34. The average molecular weight is 325 g/mol. The minimum Gasteiger partial charge on any atom is -0.467 e. The molecule has 4 aliphatic carbocycles. The lowest BCUT2D eigenvalue weighted by molar-refractivity contribution is -0.117. The molecule has 24 heavy (non-hydrogen) atoms. The summed E-state index contributed by atoms with van der Waals surface area (Å²) in [7, 11) is 0. The number of nitrogens with one attached hydrogen (secondary N) is 2. The largest absolute Gasteiger partial charge is 0.467 e. The number of nitrogens with zero attached hydrogens (tertiary/aromatic N) is 1. The summed E-state index contributed by atoms with van der Waals surface area (Å²) in [4.78, 5) is 12.2. The van der Waals surface area contributed by atoms with Gasteiger partial charge in [-0.25, -0.2) is 0 Å². The highest BCUT2D eigenvalue weighted by molar-refractivity contribution is 5.97. The molecule has 0 aliphatic heterocycles. The van der Waals surface area contributed by atoms with Crippen LogP contribution in [0.3, 0.4) is 0 Å². The van der Waals surface area contributed by atoms with Crippen LogP contribution in [0.2, 0.25) is 0 Å². The highest BCUT2D eigenvalue weighted by atomic mass is 16.3. The number of hydrogen-bond acceptors (Lipinski definition) is 4. The fourth-order valence-electron chi connectivity index (χ4n) is 5.34. The highest BCUT2D eigenvalue weighted by Gasteiger charge is 2.50. The van der Waals surface area contributed by atoms with Crippen LogP contribution in [-0.2, 0) is 11.3 Å². The van der Waals surface area contributed by atoms with Gasteiger partial charge in [0.25, 0.3) is 5.91 Å². The van der Waals surface area contributed by atoms with E-state index in [1.54, 1.807) is 24.6 Å². The van der Waals surface area contributed by atoms with Gasteiger partial charge in [0.1, 0.15) is 17.4 Å². The molecule has 0 aromatic carbocycles. The van der Waals surface area contributed by atoms with Crippen molar-refractivity contribution < 1.29 is 9.21 Å². The molecule has 1 aromatic heterocycles. The summed E-state index contributed by atoms with van der Waals surface area (Å²) in [5.41, 5.74) is 0.246. The van der Waals surface area contributed by atoms with Gasteiger partial charge in [-0.1, -0.05) is 0 Å². The minimum absolute atomic E-state index is 0.109. The molecule has 4 aliphatic rings. The maximum Gasteiger partial charge on any atom is 0.263 e. The monoisotopic (exact) mass is 325 g/mol. The number of nitriles is 1. The molecule has 126 valence electrons. The number of amides is 1. The zero-order chi connectivity index (χ0) is 16.6. The summed E-state index contributed by atoms with van der Waals surface area (Å²) in [5.74, 6) is 2.81. The summed E-state index contributed by atoms with van der Waals surface area (Å²) in [6, 6.07) is 5.59. The third-order valence-electron chi connectivity index (χ3n) is 5.93. The fraction of sp³-hybridized carbons (Fsp3) is 0.579. The van der Waals surface area contributed by atoms with Gasteiger partial charge >= 0.3 is 0 Å². The average Bonchev–Trinajstić information content (AvgIpc) is 3.05. The van der Waals surface area contributed by atoms with Crippen molar-refractivity contribution in [1.82, 2.24) is 10.6 Å². The van der Waals surface area contributed by atoms with Crippen LogP contribution in [0.5, 0.6) is 0 Å². The van der Waals surface area contributed by atoms with Crippen LogP contribution in [-0.4, -0.2) is 11.4 Å². The molecule has 1 aromatic rings. The Labute approximate surface area is 142 Å². The third-order valence-corrected chi connectivity index (χ3v) is 5.93. The van der Waals surface area contributed by atoms with E-state index >= 15 is 0 Å². The van der Waals surface area contributed by atoms with Crippen molar-refractivity contribution in [2.45, 2.75) is 50.6 Å². The molecular weight excluding hydrogens is 302 g/mol. The molecule has 0 spiro atoms. The Balaban J connectivity index is 1.40. The molecule has 0 atom stereocenters. The quantitative estimate of drug-likeness (QED) is 0.644. The molecule has 0 unspecified atom stereocenters. The number of rotatable bonds is 5. The first kappa shape index (κ1) is 15.3. The molecule has 5 nitrogen and oxygen atoms in total. The predicted molar refractivity (Wildman–Crippen MR) is 88.3 cm³/mol. The van der Waals surface area contributed by atoms with Crippen LogP contribution in [0.4, 0.5) is 0 Å². The van der Waals surface area contributed by atoms with Gasteiger partial charge in [-0.05, 0) is 68.4 Å². The Morgan fingerprint density at radius 3 is 2.50 bits per heavy atom. The Kier molecular flexibility index (Phi) is 3.84. The minimum atomic E-state index is -0.355. The van der Waals surface area contributed by atoms with Crippen LogP contribution in [0.15, 0.2) is 34.6 Å². The lowest BCUT2D eigenvalue weighted by atomic mass is 9.53. The predicted octanol–water partition coefficient (Wildman–Crippen LogP) is 2.86. The van der Waals surface area contributed by atoms with Crippen LogP contribution in [0.1, 0.15) is 44.3 Å². The zero-order valence-corrected chi connectivity index (χ0v) is 13.8. The Morgan fingerprint density at radius 1 is 1.29 bits per heavy atom. The van der Waals surface area contributed by atoms with E-state index in [2.05, 4.69) is 10.6 Å². The van der Waals surface area contributed by atoms with Crippen LogP contribution >= 0.6 is 0 Å². The van der Waals surface area contributed by atoms with Crippen molar-refractivity contribution in [1.29, 1.82) is 5.26 Å². The molecule has 1 amide bonds. The molecule has 4 saturated carbocycles. The topological polar surface area (TPSA) is 78.1 Å². The number of furan rings is 1. The van der Waals surface area contributed by atoms with Crippen LogP contribution in [0.25, 0.3) is 0 Å². The van der Waals surface area contributed by atoms with Crippen molar-refractivity contribution in [2.75, 3.05) is 0 Å². The van der Waals surface area contributed by atoms with Gasteiger partial charge in [0.15, 0.2) is 0 Å². The molecule has 0 radical (unpaired) electrons. The van der Waals surface area contributed by atoms with Gasteiger partial charge < -0.3 is 15.1 Å². The molecule has 5 heteroatoms. The number of hydrogen-bond donors (Lipinski definition) is 2.